The predicted molar refractivity (Wildman–Crippen MR) is 97.8 cm³/mol. The van der Waals surface area contributed by atoms with Gasteiger partial charge in [0.2, 0.25) is 18.9 Å². The second-order valence-electron chi connectivity index (χ2n) is 5.14. The molecule has 1 heterocycles. The van der Waals surface area contributed by atoms with E-state index in [4.69, 9.17) is 28.4 Å². The van der Waals surface area contributed by atoms with Crippen LogP contribution in [-0.2, 0) is 28.4 Å². The summed E-state index contributed by atoms with van der Waals surface area (Å²) in [4.78, 5) is 13.4. The fourth-order valence-electron chi connectivity index (χ4n) is 2.24. The normalized spacial score (nSPS) is 11.9. The molecule has 9 nitrogen and oxygen atoms in total. The maximum absolute atomic E-state index is 5.64. The van der Waals surface area contributed by atoms with Gasteiger partial charge in [0.05, 0.1) is 0 Å². The monoisotopic (exact) mass is 387 g/mol. The Morgan fingerprint density at radius 2 is 0.630 bits per heavy atom. The van der Waals surface area contributed by atoms with Gasteiger partial charge >= 0.3 is 0 Å². The maximum Gasteiger partial charge on any atom is 0.219 e. The van der Waals surface area contributed by atoms with Gasteiger partial charge in [-0.25, -0.2) is 15.0 Å². The zero-order valence-electron chi connectivity index (χ0n) is 17.3. The summed E-state index contributed by atoms with van der Waals surface area (Å²) in [5.74, 6) is 0.979. The van der Waals surface area contributed by atoms with E-state index in [9.17, 15) is 0 Å². The minimum Gasteiger partial charge on any atom is -0.346 e. The second-order valence-corrected chi connectivity index (χ2v) is 5.14. The number of ether oxygens (including phenoxy) is 6. The molecule has 0 saturated carbocycles. The Balaban J connectivity index is 3.38. The van der Waals surface area contributed by atoms with Crippen LogP contribution >= 0.6 is 0 Å². The van der Waals surface area contributed by atoms with E-state index in [0.717, 1.165) is 0 Å². The summed E-state index contributed by atoms with van der Waals surface area (Å²) in [5, 5.41) is 0. The molecule has 0 atom stereocenters. The van der Waals surface area contributed by atoms with Gasteiger partial charge in [-0.3, -0.25) is 0 Å². The zero-order valence-corrected chi connectivity index (χ0v) is 17.3. The predicted octanol–water partition coefficient (Wildman–Crippen LogP) is 3.09. The molecule has 0 aliphatic rings. The molecule has 0 N–H and O–H groups in total. The third kappa shape index (κ3) is 7.73. The Bertz CT molecular complexity index is 418. The lowest BCUT2D eigenvalue weighted by atomic mass is 10.4. The Morgan fingerprint density at radius 3 is 0.778 bits per heavy atom. The summed E-state index contributed by atoms with van der Waals surface area (Å²) in [6.07, 6.45) is -2.19. The van der Waals surface area contributed by atoms with Gasteiger partial charge in [-0.1, -0.05) is 0 Å². The van der Waals surface area contributed by atoms with Crippen LogP contribution in [0.15, 0.2) is 0 Å². The molecule has 0 saturated heterocycles. The second kappa shape index (κ2) is 13.9. The van der Waals surface area contributed by atoms with Gasteiger partial charge in [0.1, 0.15) is 0 Å². The van der Waals surface area contributed by atoms with Crippen molar-refractivity contribution in [3.05, 3.63) is 17.5 Å². The van der Waals surface area contributed by atoms with Crippen molar-refractivity contribution in [1.29, 1.82) is 0 Å². The van der Waals surface area contributed by atoms with Crippen molar-refractivity contribution < 1.29 is 28.4 Å². The van der Waals surface area contributed by atoms with Crippen molar-refractivity contribution in [2.75, 3.05) is 39.6 Å². The molecule has 1 aromatic rings. The average Bonchev–Trinajstić information content (AvgIpc) is 2.67. The first-order chi connectivity index (χ1) is 13.1. The van der Waals surface area contributed by atoms with Gasteiger partial charge in [0.25, 0.3) is 0 Å². The van der Waals surface area contributed by atoms with Crippen molar-refractivity contribution in [2.45, 2.75) is 60.4 Å². The van der Waals surface area contributed by atoms with E-state index >= 15 is 0 Å². The van der Waals surface area contributed by atoms with Gasteiger partial charge in [-0.15, -0.1) is 0 Å². The number of rotatable bonds is 15. The Kier molecular flexibility index (Phi) is 12.2. The molecule has 1 rings (SSSR count). The van der Waals surface area contributed by atoms with Crippen LogP contribution in [0.1, 0.15) is 77.9 Å². The summed E-state index contributed by atoms with van der Waals surface area (Å²) < 4.78 is 33.8. The van der Waals surface area contributed by atoms with Crippen molar-refractivity contribution in [2.24, 2.45) is 0 Å². The molecule has 1 aromatic heterocycles. The summed E-state index contributed by atoms with van der Waals surface area (Å²) in [6.45, 7) is 13.9. The first kappa shape index (κ1) is 23.8. The smallest absolute Gasteiger partial charge is 0.219 e. The number of nitrogens with zero attached hydrogens (tertiary/aromatic N) is 3. The lowest BCUT2D eigenvalue weighted by molar-refractivity contribution is -0.159. The summed E-state index contributed by atoms with van der Waals surface area (Å²) in [7, 11) is 0. The summed E-state index contributed by atoms with van der Waals surface area (Å²) >= 11 is 0. The van der Waals surface area contributed by atoms with E-state index in [1.807, 2.05) is 41.5 Å². The van der Waals surface area contributed by atoms with Crippen LogP contribution in [0.3, 0.4) is 0 Å². The van der Waals surface area contributed by atoms with E-state index in [1.54, 1.807) is 0 Å². The van der Waals surface area contributed by atoms with E-state index in [1.165, 1.54) is 0 Å². The molecular weight excluding hydrogens is 354 g/mol. The molecule has 0 aliphatic carbocycles. The summed E-state index contributed by atoms with van der Waals surface area (Å²) in [6, 6.07) is 0. The van der Waals surface area contributed by atoms with Crippen LogP contribution in [0.4, 0.5) is 0 Å². The highest BCUT2D eigenvalue weighted by atomic mass is 16.7. The Hall–Kier alpha value is -1.23. The highest BCUT2D eigenvalue weighted by Crippen LogP contribution is 2.23. The fraction of sp³-hybridized carbons (Fsp3) is 0.833. The number of hydrogen-bond donors (Lipinski definition) is 0. The van der Waals surface area contributed by atoms with Crippen molar-refractivity contribution >= 4 is 0 Å². The van der Waals surface area contributed by atoms with E-state index in [2.05, 4.69) is 15.0 Å². The molecule has 0 unspecified atom stereocenters. The van der Waals surface area contributed by atoms with Crippen LogP contribution in [0.2, 0.25) is 0 Å². The molecule has 0 bridgehead atoms. The van der Waals surface area contributed by atoms with Crippen molar-refractivity contribution in [1.82, 2.24) is 15.0 Å². The minimum atomic E-state index is -0.728. The average molecular weight is 387 g/mol. The third-order valence-corrected chi connectivity index (χ3v) is 3.23. The van der Waals surface area contributed by atoms with Gasteiger partial charge in [-0.05, 0) is 41.5 Å². The highest BCUT2D eigenvalue weighted by molar-refractivity contribution is 5.02. The van der Waals surface area contributed by atoms with E-state index < -0.39 is 18.9 Å². The SMILES string of the molecule is CCOC(OCC)c1nc(C(OCC)OCC)nc(C(OCC)OCC)n1. The van der Waals surface area contributed by atoms with Gasteiger partial charge in [-0.2, -0.15) is 0 Å². The van der Waals surface area contributed by atoms with Crippen molar-refractivity contribution in [3.8, 4) is 0 Å². The van der Waals surface area contributed by atoms with Gasteiger partial charge in [0.15, 0.2) is 17.5 Å². The summed E-state index contributed by atoms with van der Waals surface area (Å²) in [5.41, 5.74) is 0. The molecule has 0 aliphatic heterocycles. The standard InChI is InChI=1S/C18H33N3O6/c1-7-22-16(23-8-2)13-19-14(17(24-9-3)25-10-4)21-15(20-13)18(26-11-5)27-12-6/h16-18H,7-12H2,1-6H3. The zero-order chi connectivity index (χ0) is 20.1. The molecule has 9 heteroatoms. The molecule has 27 heavy (non-hydrogen) atoms. The van der Waals surface area contributed by atoms with Crippen molar-refractivity contribution in [3.63, 3.8) is 0 Å². The lowest BCUT2D eigenvalue weighted by Gasteiger charge is -2.22. The van der Waals surface area contributed by atoms with E-state index in [-0.39, 0.29) is 0 Å². The number of aromatic nitrogens is 3. The first-order valence-corrected chi connectivity index (χ1v) is 9.60. The molecule has 156 valence electrons. The Labute approximate surface area is 161 Å². The maximum atomic E-state index is 5.64. The molecule has 0 amide bonds. The first-order valence-electron chi connectivity index (χ1n) is 9.60. The lowest BCUT2D eigenvalue weighted by Crippen LogP contribution is -2.22. The largest absolute Gasteiger partial charge is 0.346 e. The van der Waals surface area contributed by atoms with Crippen LogP contribution in [0, 0.1) is 0 Å². The third-order valence-electron chi connectivity index (χ3n) is 3.23. The fourth-order valence-corrected chi connectivity index (χ4v) is 2.24. The molecule has 0 aromatic carbocycles. The molecule has 0 radical (unpaired) electrons. The van der Waals surface area contributed by atoms with Gasteiger partial charge in [0, 0.05) is 39.6 Å². The molecule has 0 fully saturated rings. The topological polar surface area (TPSA) is 94.1 Å². The van der Waals surface area contributed by atoms with Crippen LogP contribution in [0.5, 0.6) is 0 Å². The quantitative estimate of drug-likeness (QED) is 0.421. The highest BCUT2D eigenvalue weighted by Gasteiger charge is 2.26. The van der Waals surface area contributed by atoms with Crippen LogP contribution in [-0.4, -0.2) is 54.6 Å². The van der Waals surface area contributed by atoms with Crippen LogP contribution in [0.25, 0.3) is 0 Å². The Morgan fingerprint density at radius 1 is 0.444 bits per heavy atom. The minimum absolute atomic E-state index is 0.326. The molecule has 0 spiro atoms. The molecular formula is C18H33N3O6. The number of hydrogen-bond acceptors (Lipinski definition) is 9. The van der Waals surface area contributed by atoms with Gasteiger partial charge < -0.3 is 28.4 Å². The van der Waals surface area contributed by atoms with E-state index in [0.29, 0.717) is 57.1 Å². The van der Waals surface area contributed by atoms with Crippen LogP contribution < -0.4 is 0 Å².